The maximum Gasteiger partial charge on any atom is 0.112 e. The predicted molar refractivity (Wildman–Crippen MR) is 97.3 cm³/mol. The molecule has 0 aliphatic carbocycles. The van der Waals surface area contributed by atoms with Crippen molar-refractivity contribution >= 4 is 11.3 Å². The van der Waals surface area contributed by atoms with Crippen LogP contribution in [0.3, 0.4) is 0 Å². The van der Waals surface area contributed by atoms with Crippen LogP contribution in [-0.4, -0.2) is 44.3 Å². The molecule has 7 heteroatoms. The Morgan fingerprint density at radius 2 is 2.24 bits per heavy atom. The highest BCUT2D eigenvalue weighted by atomic mass is 32.1. The van der Waals surface area contributed by atoms with Gasteiger partial charge in [0.05, 0.1) is 29.2 Å². The first-order chi connectivity index (χ1) is 12.2. The summed E-state index contributed by atoms with van der Waals surface area (Å²) in [6, 6.07) is 6.10. The average Bonchev–Trinajstić information content (AvgIpc) is 3.24. The van der Waals surface area contributed by atoms with E-state index in [1.165, 1.54) is 4.88 Å². The fraction of sp³-hybridized carbons (Fsp3) is 0.389. The number of nitrogens with zero attached hydrogens (tertiary/aromatic N) is 5. The Bertz CT molecular complexity index is 859. The molecule has 3 aromatic rings. The third-order valence-corrected chi connectivity index (χ3v) is 5.20. The average molecular weight is 355 g/mol. The van der Waals surface area contributed by atoms with E-state index < -0.39 is 0 Å². The Hall–Kier alpha value is -2.09. The molecule has 3 aromatic heterocycles. The summed E-state index contributed by atoms with van der Waals surface area (Å²) in [7, 11) is 1.91. The second kappa shape index (κ2) is 7.03. The highest BCUT2D eigenvalue weighted by molar-refractivity contribution is 7.11. The summed E-state index contributed by atoms with van der Waals surface area (Å²) >= 11 is 1.76. The first-order valence-electron chi connectivity index (χ1n) is 8.38. The molecule has 1 aliphatic heterocycles. The summed E-state index contributed by atoms with van der Waals surface area (Å²) in [4.78, 5) is 12.9. The molecule has 1 unspecified atom stereocenters. The van der Waals surface area contributed by atoms with Crippen molar-refractivity contribution in [3.8, 4) is 11.3 Å². The van der Waals surface area contributed by atoms with Gasteiger partial charge in [0.1, 0.15) is 6.10 Å². The lowest BCUT2D eigenvalue weighted by molar-refractivity contribution is -0.0346. The van der Waals surface area contributed by atoms with Crippen LogP contribution in [0.5, 0.6) is 0 Å². The SMILES string of the molecule is Cc1ncc(CN2CCOC(c3cccc(-c4cnn(C)c4)n3)C2)s1. The van der Waals surface area contributed by atoms with E-state index in [1.54, 1.807) is 16.0 Å². The number of rotatable bonds is 4. The fourth-order valence-electron chi connectivity index (χ4n) is 3.07. The number of aryl methyl sites for hydroxylation is 2. The maximum absolute atomic E-state index is 6.00. The molecule has 0 amide bonds. The number of ether oxygens (including phenoxy) is 1. The van der Waals surface area contributed by atoms with Crippen molar-refractivity contribution in [1.29, 1.82) is 0 Å². The molecule has 0 saturated carbocycles. The summed E-state index contributed by atoms with van der Waals surface area (Å²) < 4.78 is 7.79. The number of hydrogen-bond donors (Lipinski definition) is 0. The molecule has 4 heterocycles. The molecular weight excluding hydrogens is 334 g/mol. The standard InChI is InChI=1S/C18H21N5OS/c1-13-19-9-15(25-13)11-23-6-7-24-18(12-23)17-5-3-4-16(21-17)14-8-20-22(2)10-14/h3-5,8-10,18H,6-7,11-12H2,1-2H3. The normalized spacial score (nSPS) is 18.6. The van der Waals surface area contributed by atoms with Gasteiger partial charge in [0.2, 0.25) is 0 Å². The summed E-state index contributed by atoms with van der Waals surface area (Å²) in [5, 5.41) is 5.34. The van der Waals surface area contributed by atoms with Crippen LogP contribution in [0, 0.1) is 6.92 Å². The molecule has 0 bridgehead atoms. The van der Waals surface area contributed by atoms with Crippen molar-refractivity contribution in [2.75, 3.05) is 19.7 Å². The molecule has 4 rings (SSSR count). The van der Waals surface area contributed by atoms with Gasteiger partial charge in [0, 0.05) is 49.5 Å². The molecule has 6 nitrogen and oxygen atoms in total. The first kappa shape index (κ1) is 16.4. The minimum atomic E-state index is -0.000565. The van der Waals surface area contributed by atoms with Crippen LogP contribution in [0.2, 0.25) is 0 Å². The molecule has 0 spiro atoms. The summed E-state index contributed by atoms with van der Waals surface area (Å²) in [6.07, 6.45) is 5.80. The Morgan fingerprint density at radius 1 is 1.32 bits per heavy atom. The monoisotopic (exact) mass is 355 g/mol. The summed E-state index contributed by atoms with van der Waals surface area (Å²) in [5.41, 5.74) is 2.94. The van der Waals surface area contributed by atoms with Gasteiger partial charge in [-0.25, -0.2) is 9.97 Å². The smallest absolute Gasteiger partial charge is 0.112 e. The Labute approximate surface area is 151 Å². The second-order valence-electron chi connectivity index (χ2n) is 6.29. The van der Waals surface area contributed by atoms with Crippen molar-refractivity contribution in [2.24, 2.45) is 7.05 Å². The largest absolute Gasteiger partial charge is 0.369 e. The molecule has 1 atom stereocenters. The molecule has 0 N–H and O–H groups in total. The van der Waals surface area contributed by atoms with Gasteiger partial charge in [0.25, 0.3) is 0 Å². The molecule has 0 aromatic carbocycles. The first-order valence-corrected chi connectivity index (χ1v) is 9.20. The molecule has 25 heavy (non-hydrogen) atoms. The molecule has 1 fully saturated rings. The van der Waals surface area contributed by atoms with Gasteiger partial charge >= 0.3 is 0 Å². The van der Waals surface area contributed by atoms with E-state index in [4.69, 9.17) is 9.72 Å². The van der Waals surface area contributed by atoms with E-state index in [0.29, 0.717) is 0 Å². The van der Waals surface area contributed by atoms with Gasteiger partial charge in [-0.1, -0.05) is 6.07 Å². The second-order valence-corrected chi connectivity index (χ2v) is 7.61. The van der Waals surface area contributed by atoms with E-state index >= 15 is 0 Å². The van der Waals surface area contributed by atoms with E-state index in [0.717, 1.165) is 48.2 Å². The Morgan fingerprint density at radius 3 is 3.00 bits per heavy atom. The van der Waals surface area contributed by atoms with Crippen molar-refractivity contribution in [1.82, 2.24) is 24.6 Å². The molecule has 0 radical (unpaired) electrons. The maximum atomic E-state index is 6.00. The van der Waals surface area contributed by atoms with E-state index in [1.807, 2.05) is 50.8 Å². The zero-order valence-corrected chi connectivity index (χ0v) is 15.2. The molecule has 1 aliphatic rings. The van der Waals surface area contributed by atoms with Gasteiger partial charge in [-0.15, -0.1) is 11.3 Å². The van der Waals surface area contributed by atoms with Crippen LogP contribution in [0.25, 0.3) is 11.3 Å². The minimum absolute atomic E-state index is 0.000565. The minimum Gasteiger partial charge on any atom is -0.369 e. The van der Waals surface area contributed by atoms with Crippen LogP contribution in [0.4, 0.5) is 0 Å². The zero-order valence-electron chi connectivity index (χ0n) is 14.4. The third-order valence-electron chi connectivity index (χ3n) is 4.30. The third kappa shape index (κ3) is 3.78. The van der Waals surface area contributed by atoms with Gasteiger partial charge in [-0.2, -0.15) is 5.10 Å². The van der Waals surface area contributed by atoms with E-state index in [-0.39, 0.29) is 6.10 Å². The number of thiazole rings is 1. The quantitative estimate of drug-likeness (QED) is 0.720. The van der Waals surface area contributed by atoms with Gasteiger partial charge in [-0.05, 0) is 19.1 Å². The predicted octanol–water partition coefficient (Wildman–Crippen LogP) is 2.82. The highest BCUT2D eigenvalue weighted by Gasteiger charge is 2.24. The van der Waals surface area contributed by atoms with Crippen LogP contribution in [0.1, 0.15) is 21.7 Å². The summed E-state index contributed by atoms with van der Waals surface area (Å²) in [6.45, 7) is 5.48. The van der Waals surface area contributed by atoms with Crippen molar-refractivity contribution < 1.29 is 4.74 Å². The van der Waals surface area contributed by atoms with E-state index in [9.17, 15) is 0 Å². The molecule has 130 valence electrons. The number of hydrogen-bond acceptors (Lipinski definition) is 6. The lowest BCUT2D eigenvalue weighted by Gasteiger charge is -2.32. The zero-order chi connectivity index (χ0) is 17.2. The van der Waals surface area contributed by atoms with Crippen molar-refractivity contribution in [3.63, 3.8) is 0 Å². The number of aromatic nitrogens is 4. The Kier molecular flexibility index (Phi) is 4.61. The Balaban J connectivity index is 1.49. The van der Waals surface area contributed by atoms with Crippen LogP contribution in [0.15, 0.2) is 36.8 Å². The summed E-state index contributed by atoms with van der Waals surface area (Å²) in [5.74, 6) is 0. The topological polar surface area (TPSA) is 56.1 Å². The lowest BCUT2D eigenvalue weighted by atomic mass is 10.1. The fourth-order valence-corrected chi connectivity index (χ4v) is 3.91. The van der Waals surface area contributed by atoms with Crippen molar-refractivity contribution in [2.45, 2.75) is 19.6 Å². The van der Waals surface area contributed by atoms with Gasteiger partial charge < -0.3 is 4.74 Å². The highest BCUT2D eigenvalue weighted by Crippen LogP contribution is 2.25. The van der Waals surface area contributed by atoms with Gasteiger partial charge in [0.15, 0.2) is 0 Å². The number of morpholine rings is 1. The molecular formula is C18H21N5OS. The van der Waals surface area contributed by atoms with Gasteiger partial charge in [-0.3, -0.25) is 9.58 Å². The van der Waals surface area contributed by atoms with Crippen LogP contribution in [-0.2, 0) is 18.3 Å². The van der Waals surface area contributed by atoms with Crippen LogP contribution < -0.4 is 0 Å². The van der Waals surface area contributed by atoms with Crippen molar-refractivity contribution in [3.05, 3.63) is 52.4 Å². The lowest BCUT2D eigenvalue weighted by Crippen LogP contribution is -2.37. The van der Waals surface area contributed by atoms with E-state index in [2.05, 4.69) is 15.0 Å². The van der Waals surface area contributed by atoms with Crippen LogP contribution >= 0.6 is 11.3 Å². The number of pyridine rings is 1. The molecule has 1 saturated heterocycles.